The van der Waals surface area contributed by atoms with E-state index in [0.29, 0.717) is 19.3 Å². The van der Waals surface area contributed by atoms with E-state index in [2.05, 4.69) is 106 Å². The highest BCUT2D eigenvalue weighted by atomic mass is 16.6. The Kier molecular flexibility index (Phi) is 49.4. The number of rotatable bonds is 47. The molecular weight excluding hydrogens is 793 g/mol. The number of allylic oxidation sites excluding steroid dienone is 14. The molecule has 1 unspecified atom stereocenters. The van der Waals surface area contributed by atoms with Gasteiger partial charge in [0.25, 0.3) is 0 Å². The highest BCUT2D eigenvalue weighted by Crippen LogP contribution is 2.14. The first-order valence-electron chi connectivity index (χ1n) is 26.6. The number of ether oxygens (including phenoxy) is 3. The molecule has 0 aliphatic carbocycles. The molecule has 0 rings (SSSR count). The molecule has 0 aromatic carbocycles. The maximum Gasteiger partial charge on any atom is 0.306 e. The molecule has 0 aromatic heterocycles. The summed E-state index contributed by atoms with van der Waals surface area (Å²) in [5.41, 5.74) is 0. The van der Waals surface area contributed by atoms with Crippen LogP contribution in [0.25, 0.3) is 0 Å². The summed E-state index contributed by atoms with van der Waals surface area (Å²) in [6.07, 6.45) is 67.1. The fourth-order valence-corrected chi connectivity index (χ4v) is 7.09. The summed E-state index contributed by atoms with van der Waals surface area (Å²) in [7, 11) is 0. The van der Waals surface area contributed by atoms with Crippen molar-refractivity contribution < 1.29 is 28.6 Å². The summed E-state index contributed by atoms with van der Waals surface area (Å²) in [4.78, 5) is 38.0. The van der Waals surface area contributed by atoms with Crippen molar-refractivity contribution in [1.29, 1.82) is 0 Å². The average Bonchev–Trinajstić information content (AvgIpc) is 3.29. The minimum Gasteiger partial charge on any atom is -0.462 e. The fourth-order valence-electron chi connectivity index (χ4n) is 7.09. The van der Waals surface area contributed by atoms with E-state index < -0.39 is 6.10 Å². The lowest BCUT2D eigenvalue weighted by Crippen LogP contribution is -2.30. The second kappa shape index (κ2) is 52.2. The number of unbranched alkanes of at least 4 members (excludes halogenated alkanes) is 22. The van der Waals surface area contributed by atoms with Crippen molar-refractivity contribution in [1.82, 2.24) is 0 Å². The topological polar surface area (TPSA) is 78.9 Å². The summed E-state index contributed by atoms with van der Waals surface area (Å²) < 4.78 is 16.8. The Bertz CT molecular complexity index is 1250. The smallest absolute Gasteiger partial charge is 0.306 e. The van der Waals surface area contributed by atoms with Gasteiger partial charge in [-0.1, -0.05) is 202 Å². The van der Waals surface area contributed by atoms with Gasteiger partial charge in [-0.3, -0.25) is 14.4 Å². The molecule has 0 aromatic rings. The first-order valence-corrected chi connectivity index (χ1v) is 26.6. The zero-order valence-electron chi connectivity index (χ0n) is 41.8. The summed E-state index contributed by atoms with van der Waals surface area (Å²) in [5, 5.41) is 0. The largest absolute Gasteiger partial charge is 0.462 e. The third kappa shape index (κ3) is 49.6. The molecule has 6 heteroatoms. The molecule has 64 heavy (non-hydrogen) atoms. The van der Waals surface area contributed by atoms with Crippen LogP contribution < -0.4 is 0 Å². The van der Waals surface area contributed by atoms with E-state index in [9.17, 15) is 14.4 Å². The Labute approximate surface area is 395 Å². The molecular formula is C58H98O6. The van der Waals surface area contributed by atoms with E-state index in [4.69, 9.17) is 14.2 Å². The average molecular weight is 891 g/mol. The third-order valence-corrected chi connectivity index (χ3v) is 11.1. The Balaban J connectivity index is 4.42. The highest BCUT2D eigenvalue weighted by Gasteiger charge is 2.19. The van der Waals surface area contributed by atoms with Gasteiger partial charge in [-0.2, -0.15) is 0 Å². The molecule has 1 atom stereocenters. The molecule has 0 radical (unpaired) electrons. The van der Waals surface area contributed by atoms with Crippen LogP contribution in [0.4, 0.5) is 0 Å². The molecule has 0 aliphatic rings. The van der Waals surface area contributed by atoms with Crippen LogP contribution >= 0.6 is 0 Å². The lowest BCUT2D eigenvalue weighted by atomic mass is 10.1. The van der Waals surface area contributed by atoms with Gasteiger partial charge in [0.15, 0.2) is 6.10 Å². The maximum atomic E-state index is 12.8. The van der Waals surface area contributed by atoms with Crippen LogP contribution in [-0.2, 0) is 28.6 Å². The molecule has 0 saturated carbocycles. The van der Waals surface area contributed by atoms with E-state index in [0.717, 1.165) is 122 Å². The molecule has 0 spiro atoms. The molecule has 0 fully saturated rings. The van der Waals surface area contributed by atoms with E-state index in [-0.39, 0.29) is 31.1 Å². The highest BCUT2D eigenvalue weighted by molar-refractivity contribution is 5.71. The first kappa shape index (κ1) is 60.6. The lowest BCUT2D eigenvalue weighted by Gasteiger charge is -2.18. The SMILES string of the molecule is CC/C=C\C/C=C\C/C=C\C/C=C\CCCCCCC(=O)OC(COC(=O)CCCCCCC/C=C\CCCC)COC(=O)CCCCCCCCC/C=C\C/C=C\CCCCCC. The molecule has 0 bridgehead atoms. The molecule has 0 saturated heterocycles. The van der Waals surface area contributed by atoms with Crippen LogP contribution in [-0.4, -0.2) is 37.2 Å². The predicted molar refractivity (Wildman–Crippen MR) is 274 cm³/mol. The molecule has 0 heterocycles. The second-order valence-electron chi connectivity index (χ2n) is 17.4. The second-order valence-corrected chi connectivity index (χ2v) is 17.4. The van der Waals surface area contributed by atoms with Crippen LogP contribution in [0.15, 0.2) is 85.1 Å². The standard InChI is InChI=1S/C58H98O6/c1-4-7-10-13-16-19-22-24-26-28-30-31-33-36-39-42-45-48-51-57(60)63-54-55(53-62-56(59)50-47-44-41-38-35-21-18-15-12-9-6-3)64-58(61)52-49-46-43-40-37-34-32-29-27-25-23-20-17-14-11-8-5-2/h8,11,15,17-20,22,25-28,32,34,55H,4-7,9-10,12-14,16,21,23-24,29-31,33,35-54H2,1-3H3/b11-8-,18-15-,20-17-,22-19-,27-25-,28-26-,34-32-. The van der Waals surface area contributed by atoms with Crippen LogP contribution in [0.2, 0.25) is 0 Å². The van der Waals surface area contributed by atoms with Crippen LogP contribution in [0.5, 0.6) is 0 Å². The molecule has 0 aliphatic heterocycles. The van der Waals surface area contributed by atoms with Crippen molar-refractivity contribution in [2.24, 2.45) is 0 Å². The normalized spacial score (nSPS) is 12.7. The van der Waals surface area contributed by atoms with Crippen LogP contribution in [0.1, 0.15) is 245 Å². The van der Waals surface area contributed by atoms with E-state index in [1.165, 1.54) is 83.5 Å². The number of hydrogen-bond acceptors (Lipinski definition) is 6. The van der Waals surface area contributed by atoms with Crippen molar-refractivity contribution in [3.05, 3.63) is 85.1 Å². The molecule has 0 amide bonds. The van der Waals surface area contributed by atoms with E-state index >= 15 is 0 Å². The lowest BCUT2D eigenvalue weighted by molar-refractivity contribution is -0.167. The van der Waals surface area contributed by atoms with Gasteiger partial charge in [-0.25, -0.2) is 0 Å². The molecule has 366 valence electrons. The minimum absolute atomic E-state index is 0.0939. The summed E-state index contributed by atoms with van der Waals surface area (Å²) in [5.74, 6) is -0.935. The van der Waals surface area contributed by atoms with E-state index in [1.54, 1.807) is 0 Å². The van der Waals surface area contributed by atoms with Gasteiger partial charge in [0.2, 0.25) is 0 Å². The van der Waals surface area contributed by atoms with Crippen molar-refractivity contribution in [3.8, 4) is 0 Å². The number of esters is 3. The van der Waals surface area contributed by atoms with Gasteiger partial charge in [-0.05, 0) is 109 Å². The summed E-state index contributed by atoms with van der Waals surface area (Å²) in [6, 6.07) is 0. The number of carbonyl (C=O) groups excluding carboxylic acids is 3. The van der Waals surface area contributed by atoms with Crippen molar-refractivity contribution >= 4 is 17.9 Å². The number of hydrogen-bond donors (Lipinski definition) is 0. The molecule has 0 N–H and O–H groups in total. The van der Waals surface area contributed by atoms with Crippen LogP contribution in [0, 0.1) is 0 Å². The zero-order valence-corrected chi connectivity index (χ0v) is 41.8. The molecule has 6 nitrogen and oxygen atoms in total. The van der Waals surface area contributed by atoms with Crippen molar-refractivity contribution in [3.63, 3.8) is 0 Å². The van der Waals surface area contributed by atoms with Crippen molar-refractivity contribution in [2.45, 2.75) is 252 Å². The van der Waals surface area contributed by atoms with Crippen molar-refractivity contribution in [2.75, 3.05) is 13.2 Å². The Morgan fingerprint density at radius 1 is 0.328 bits per heavy atom. The van der Waals surface area contributed by atoms with Gasteiger partial charge in [-0.15, -0.1) is 0 Å². The van der Waals surface area contributed by atoms with Gasteiger partial charge < -0.3 is 14.2 Å². The van der Waals surface area contributed by atoms with Gasteiger partial charge in [0, 0.05) is 19.3 Å². The quantitative estimate of drug-likeness (QED) is 0.0262. The van der Waals surface area contributed by atoms with E-state index in [1.807, 2.05) is 0 Å². The third-order valence-electron chi connectivity index (χ3n) is 11.1. The zero-order chi connectivity index (χ0) is 46.5. The summed E-state index contributed by atoms with van der Waals surface area (Å²) >= 11 is 0. The Morgan fingerprint density at radius 2 is 0.625 bits per heavy atom. The summed E-state index contributed by atoms with van der Waals surface area (Å²) in [6.45, 7) is 6.43. The predicted octanol–water partition coefficient (Wildman–Crippen LogP) is 17.6. The van der Waals surface area contributed by atoms with Gasteiger partial charge in [0.05, 0.1) is 0 Å². The maximum absolute atomic E-state index is 12.8. The minimum atomic E-state index is -0.796. The Hall–Kier alpha value is -3.41. The van der Waals surface area contributed by atoms with Gasteiger partial charge in [0.1, 0.15) is 13.2 Å². The monoisotopic (exact) mass is 891 g/mol. The Morgan fingerprint density at radius 3 is 1.02 bits per heavy atom. The van der Waals surface area contributed by atoms with Crippen LogP contribution in [0.3, 0.4) is 0 Å². The first-order chi connectivity index (χ1) is 31.5. The van der Waals surface area contributed by atoms with Gasteiger partial charge >= 0.3 is 17.9 Å². The fraction of sp³-hybridized carbons (Fsp3) is 0.707. The number of carbonyl (C=O) groups is 3.